The topological polar surface area (TPSA) is 107 Å². The van der Waals surface area contributed by atoms with E-state index in [9.17, 15) is 21.2 Å². The zero-order valence-electron chi connectivity index (χ0n) is 18.3. The number of halogens is 1. The number of aromatic nitrogens is 2. The molecule has 0 bridgehead atoms. The molecule has 0 saturated carbocycles. The van der Waals surface area contributed by atoms with Crippen molar-refractivity contribution in [2.75, 3.05) is 12.9 Å². The average Bonchev–Trinajstić information content (AvgIpc) is 3.21. The van der Waals surface area contributed by atoms with Gasteiger partial charge in [0.2, 0.25) is 10.0 Å². The number of ether oxygens (including phenoxy) is 1. The van der Waals surface area contributed by atoms with Gasteiger partial charge in [0.25, 0.3) is 0 Å². The molecular weight excluding hydrogens is 481 g/mol. The second-order valence-corrected chi connectivity index (χ2v) is 11.6. The lowest BCUT2D eigenvalue weighted by atomic mass is 10.2. The van der Waals surface area contributed by atoms with Crippen LogP contribution in [0.1, 0.15) is 6.92 Å². The lowest BCUT2D eigenvalue weighted by Gasteiger charge is -2.16. The summed E-state index contributed by atoms with van der Waals surface area (Å²) in [4.78, 5) is -0.217. The van der Waals surface area contributed by atoms with Gasteiger partial charge in [0, 0.05) is 11.6 Å². The van der Waals surface area contributed by atoms with Gasteiger partial charge in [0.15, 0.2) is 9.84 Å². The summed E-state index contributed by atoms with van der Waals surface area (Å²) in [6.07, 6.45) is 2.68. The zero-order chi connectivity index (χ0) is 24.5. The highest BCUT2D eigenvalue weighted by Gasteiger charge is 2.20. The van der Waals surface area contributed by atoms with Crippen LogP contribution >= 0.6 is 0 Å². The van der Waals surface area contributed by atoms with Crippen LogP contribution in [-0.2, 0) is 19.9 Å². The van der Waals surface area contributed by atoms with Crippen molar-refractivity contribution in [2.45, 2.75) is 22.8 Å². The van der Waals surface area contributed by atoms with E-state index in [-0.39, 0.29) is 22.2 Å². The molecule has 0 spiro atoms. The van der Waals surface area contributed by atoms with Gasteiger partial charge < -0.3 is 4.74 Å². The van der Waals surface area contributed by atoms with Crippen molar-refractivity contribution in [1.82, 2.24) is 14.5 Å². The van der Waals surface area contributed by atoms with Crippen LogP contribution in [0.15, 0.2) is 82.7 Å². The van der Waals surface area contributed by atoms with E-state index in [1.807, 2.05) is 6.07 Å². The Kier molecular flexibility index (Phi) is 6.43. The van der Waals surface area contributed by atoms with E-state index < -0.39 is 25.9 Å². The molecule has 178 valence electrons. The molecule has 34 heavy (non-hydrogen) atoms. The Bertz CT molecular complexity index is 1550. The fraction of sp³-hybridized carbons (Fsp3) is 0.174. The number of sulfone groups is 1. The monoisotopic (exact) mass is 503 g/mol. The zero-order valence-corrected chi connectivity index (χ0v) is 20.0. The first-order valence-electron chi connectivity index (χ1n) is 10.2. The van der Waals surface area contributed by atoms with Crippen LogP contribution in [0, 0.1) is 5.82 Å². The van der Waals surface area contributed by atoms with Crippen LogP contribution < -0.4 is 9.46 Å². The van der Waals surface area contributed by atoms with Crippen molar-refractivity contribution >= 4 is 30.8 Å². The average molecular weight is 504 g/mol. The van der Waals surface area contributed by atoms with Gasteiger partial charge in [-0.15, -0.1) is 0 Å². The highest BCUT2D eigenvalue weighted by Crippen LogP contribution is 2.24. The van der Waals surface area contributed by atoms with Crippen molar-refractivity contribution in [3.8, 4) is 11.4 Å². The van der Waals surface area contributed by atoms with Crippen molar-refractivity contribution in [3.63, 3.8) is 0 Å². The Hall–Kier alpha value is -3.28. The van der Waals surface area contributed by atoms with Crippen LogP contribution in [0.25, 0.3) is 16.6 Å². The molecule has 0 amide bonds. The quantitative estimate of drug-likeness (QED) is 0.395. The van der Waals surface area contributed by atoms with Gasteiger partial charge in [-0.25, -0.2) is 30.6 Å². The third kappa shape index (κ3) is 5.27. The highest BCUT2D eigenvalue weighted by atomic mass is 32.2. The van der Waals surface area contributed by atoms with Gasteiger partial charge in [-0.2, -0.15) is 5.10 Å². The minimum Gasteiger partial charge on any atom is -0.492 e. The molecule has 1 aromatic heterocycles. The maximum absolute atomic E-state index is 13.2. The molecule has 8 nitrogen and oxygen atoms in total. The number of nitrogens with one attached hydrogen (secondary N) is 1. The Morgan fingerprint density at radius 3 is 2.41 bits per heavy atom. The molecule has 1 N–H and O–H groups in total. The number of hydrogen-bond acceptors (Lipinski definition) is 6. The maximum Gasteiger partial charge on any atom is 0.240 e. The Morgan fingerprint density at radius 1 is 1.00 bits per heavy atom. The first kappa shape index (κ1) is 23.9. The lowest BCUT2D eigenvalue weighted by Crippen LogP contribution is -2.36. The van der Waals surface area contributed by atoms with Crippen LogP contribution in [0.5, 0.6) is 5.75 Å². The van der Waals surface area contributed by atoms with E-state index in [1.54, 1.807) is 42.1 Å². The van der Waals surface area contributed by atoms with E-state index in [4.69, 9.17) is 4.74 Å². The molecule has 0 aliphatic carbocycles. The fourth-order valence-corrected chi connectivity index (χ4v) is 5.36. The second kappa shape index (κ2) is 9.16. The number of rotatable bonds is 8. The van der Waals surface area contributed by atoms with Crippen LogP contribution in [0.2, 0.25) is 0 Å². The first-order valence-corrected chi connectivity index (χ1v) is 13.6. The fourth-order valence-electron chi connectivity index (χ4n) is 3.35. The molecule has 1 heterocycles. The largest absolute Gasteiger partial charge is 0.492 e. The predicted molar refractivity (Wildman–Crippen MR) is 126 cm³/mol. The van der Waals surface area contributed by atoms with Crippen molar-refractivity contribution in [2.24, 2.45) is 0 Å². The predicted octanol–water partition coefficient (Wildman–Crippen LogP) is 3.31. The van der Waals surface area contributed by atoms with Gasteiger partial charge >= 0.3 is 0 Å². The normalized spacial score (nSPS) is 13.1. The molecule has 1 atom stereocenters. The molecular formula is C23H22FN3O5S2. The molecule has 0 fully saturated rings. The molecule has 0 aliphatic rings. The number of sulfonamides is 1. The molecule has 3 aromatic carbocycles. The number of benzene rings is 3. The first-order chi connectivity index (χ1) is 16.0. The third-order valence-electron chi connectivity index (χ3n) is 5.01. The smallest absolute Gasteiger partial charge is 0.240 e. The Labute approximate surface area is 197 Å². The van der Waals surface area contributed by atoms with Gasteiger partial charge in [0.1, 0.15) is 18.2 Å². The summed E-state index contributed by atoms with van der Waals surface area (Å²) < 4.78 is 71.9. The van der Waals surface area contributed by atoms with Crippen molar-refractivity contribution in [3.05, 3.63) is 78.7 Å². The molecule has 0 aliphatic heterocycles. The summed E-state index contributed by atoms with van der Waals surface area (Å²) in [5.74, 6) is 0.194. The van der Waals surface area contributed by atoms with E-state index in [1.165, 1.54) is 30.3 Å². The maximum atomic E-state index is 13.2. The standard InChI is InChI=1S/C23H22FN3O5S2/c1-16(26-34(30,31)22-5-3-4-21(13-22)33(2,28)29)15-32-20-10-11-23-17(12-20)14-25-27(23)19-8-6-18(24)7-9-19/h3-14,16,26H,15H2,1-2H3/t16-/m0/s1. The van der Waals surface area contributed by atoms with Crippen LogP contribution in [-0.4, -0.2) is 45.5 Å². The lowest BCUT2D eigenvalue weighted by molar-refractivity contribution is 0.288. The molecule has 4 rings (SSSR count). The molecule has 0 radical (unpaired) electrons. The summed E-state index contributed by atoms with van der Waals surface area (Å²) in [6, 6.07) is 15.9. The Morgan fingerprint density at radius 2 is 1.71 bits per heavy atom. The second-order valence-electron chi connectivity index (χ2n) is 7.83. The van der Waals surface area contributed by atoms with E-state index in [0.717, 1.165) is 23.2 Å². The van der Waals surface area contributed by atoms with Gasteiger partial charge in [-0.1, -0.05) is 6.07 Å². The van der Waals surface area contributed by atoms with Crippen LogP contribution in [0.4, 0.5) is 4.39 Å². The number of nitrogens with zero attached hydrogens (tertiary/aromatic N) is 2. The molecule has 0 unspecified atom stereocenters. The summed E-state index contributed by atoms with van der Waals surface area (Å²) in [7, 11) is -7.48. The SMILES string of the molecule is C[C@@H](COc1ccc2c(cnn2-c2ccc(F)cc2)c1)NS(=O)(=O)c1cccc(S(C)(=O)=O)c1. The van der Waals surface area contributed by atoms with Gasteiger partial charge in [-0.3, -0.25) is 0 Å². The number of fused-ring (bicyclic) bond motifs is 1. The van der Waals surface area contributed by atoms with Crippen molar-refractivity contribution < 1.29 is 26.0 Å². The van der Waals surface area contributed by atoms with Crippen LogP contribution in [0.3, 0.4) is 0 Å². The molecule has 0 saturated heterocycles. The molecule has 11 heteroatoms. The molecule has 4 aromatic rings. The van der Waals surface area contributed by atoms with Crippen molar-refractivity contribution in [1.29, 1.82) is 0 Å². The van der Waals surface area contributed by atoms with Gasteiger partial charge in [0.05, 0.1) is 33.2 Å². The summed E-state index contributed by atoms with van der Waals surface area (Å²) in [5.41, 5.74) is 1.52. The highest BCUT2D eigenvalue weighted by molar-refractivity contribution is 7.91. The minimum absolute atomic E-state index is 0.0442. The number of hydrogen-bond donors (Lipinski definition) is 1. The van der Waals surface area contributed by atoms with E-state index in [2.05, 4.69) is 9.82 Å². The summed E-state index contributed by atoms with van der Waals surface area (Å²) in [6.45, 7) is 1.69. The summed E-state index contributed by atoms with van der Waals surface area (Å²) in [5, 5.41) is 5.14. The van der Waals surface area contributed by atoms with E-state index >= 15 is 0 Å². The Balaban J connectivity index is 1.44. The minimum atomic E-state index is -3.95. The third-order valence-corrected chi connectivity index (χ3v) is 7.71. The van der Waals surface area contributed by atoms with Gasteiger partial charge in [-0.05, 0) is 67.6 Å². The summed E-state index contributed by atoms with van der Waals surface area (Å²) >= 11 is 0. The van der Waals surface area contributed by atoms with E-state index in [0.29, 0.717) is 11.4 Å².